The van der Waals surface area contributed by atoms with Crippen LogP contribution in [0.3, 0.4) is 0 Å². The molecule has 0 bridgehead atoms. The minimum absolute atomic E-state index is 0.609. The molecule has 0 fully saturated rings. The number of aromatic nitrogens is 1. The van der Waals surface area contributed by atoms with Gasteiger partial charge in [-0.05, 0) is 25.8 Å². The van der Waals surface area contributed by atoms with Crippen LogP contribution in [0, 0.1) is 0 Å². The molecule has 0 aliphatic rings. The van der Waals surface area contributed by atoms with Gasteiger partial charge in [-0.25, -0.2) is 4.98 Å². The van der Waals surface area contributed by atoms with E-state index in [-0.39, 0.29) is 0 Å². The average molecular weight is 255 g/mol. The lowest BCUT2D eigenvalue weighted by Gasteiger charge is -2.25. The van der Waals surface area contributed by atoms with Crippen LogP contribution in [0.15, 0.2) is 6.20 Å². The Bertz CT molecular complexity index is 307. The zero-order chi connectivity index (χ0) is 12.7. The van der Waals surface area contributed by atoms with Gasteiger partial charge in [0.05, 0.1) is 0 Å². The topological polar surface area (TPSA) is 28.2 Å². The molecule has 0 aromatic carbocycles. The number of nitrogens with zero attached hydrogens (tertiary/aromatic N) is 2. The summed E-state index contributed by atoms with van der Waals surface area (Å²) in [6.07, 6.45) is 5.53. The Hall–Kier alpha value is -0.610. The fraction of sp³-hybridized carbons (Fsp3) is 0.769. The number of anilines is 1. The molecule has 98 valence electrons. The second-order valence-corrected chi connectivity index (χ2v) is 5.46. The number of hydrogen-bond donors (Lipinski definition) is 1. The van der Waals surface area contributed by atoms with Crippen molar-refractivity contribution >= 4 is 16.5 Å². The molecule has 0 unspecified atom stereocenters. The highest BCUT2D eigenvalue weighted by Crippen LogP contribution is 2.24. The predicted molar refractivity (Wildman–Crippen MR) is 76.9 cm³/mol. The molecule has 1 heterocycles. The monoisotopic (exact) mass is 255 g/mol. The number of rotatable bonds is 8. The second-order valence-electron chi connectivity index (χ2n) is 4.37. The molecule has 17 heavy (non-hydrogen) atoms. The molecule has 1 aromatic heterocycles. The van der Waals surface area contributed by atoms with Gasteiger partial charge in [-0.15, -0.1) is 11.3 Å². The molecule has 3 nitrogen and oxygen atoms in total. The average Bonchev–Trinajstić information content (AvgIpc) is 2.79. The molecule has 1 aromatic rings. The normalized spacial score (nSPS) is 11.1. The quantitative estimate of drug-likeness (QED) is 0.723. The van der Waals surface area contributed by atoms with Crippen LogP contribution in [0.5, 0.6) is 0 Å². The lowest BCUT2D eigenvalue weighted by molar-refractivity contribution is 0.590. The summed E-state index contributed by atoms with van der Waals surface area (Å²) in [7, 11) is 2.15. The van der Waals surface area contributed by atoms with Gasteiger partial charge >= 0.3 is 0 Å². The number of nitrogens with one attached hydrogen (secondary N) is 1. The molecule has 1 N–H and O–H groups in total. The Labute approximate surface area is 109 Å². The Morgan fingerprint density at radius 2 is 2.06 bits per heavy atom. The minimum atomic E-state index is 0.609. The van der Waals surface area contributed by atoms with Crippen molar-refractivity contribution in [2.24, 2.45) is 0 Å². The first-order chi connectivity index (χ1) is 8.22. The standard InChI is InChI=1S/C13H25N3S/c1-5-8-14-9-12-10-15-13(17-12)16(4)11(6-2)7-3/h10-11,14H,5-9H2,1-4H3. The van der Waals surface area contributed by atoms with Crippen molar-refractivity contribution in [3.05, 3.63) is 11.1 Å². The van der Waals surface area contributed by atoms with Crippen LogP contribution in [0.4, 0.5) is 5.13 Å². The summed E-state index contributed by atoms with van der Waals surface area (Å²) in [5.41, 5.74) is 0. The highest BCUT2D eigenvalue weighted by atomic mass is 32.1. The summed E-state index contributed by atoms with van der Waals surface area (Å²) >= 11 is 1.80. The van der Waals surface area contributed by atoms with E-state index in [1.54, 1.807) is 11.3 Å². The molecule has 0 aliphatic heterocycles. The van der Waals surface area contributed by atoms with E-state index in [1.165, 1.54) is 24.1 Å². The largest absolute Gasteiger partial charge is 0.348 e. The summed E-state index contributed by atoms with van der Waals surface area (Å²) in [5.74, 6) is 0. The molecule has 0 radical (unpaired) electrons. The van der Waals surface area contributed by atoms with E-state index < -0.39 is 0 Å². The highest BCUT2D eigenvalue weighted by Gasteiger charge is 2.14. The zero-order valence-corrected chi connectivity index (χ0v) is 12.3. The van der Waals surface area contributed by atoms with E-state index in [1.807, 2.05) is 6.20 Å². The third-order valence-corrected chi connectivity index (χ3v) is 4.15. The van der Waals surface area contributed by atoms with E-state index in [0.29, 0.717) is 6.04 Å². The van der Waals surface area contributed by atoms with E-state index in [0.717, 1.165) is 18.2 Å². The summed E-state index contributed by atoms with van der Waals surface area (Å²) in [5, 5.41) is 4.56. The van der Waals surface area contributed by atoms with Gasteiger partial charge in [-0.1, -0.05) is 20.8 Å². The van der Waals surface area contributed by atoms with Crippen LogP contribution in [0.1, 0.15) is 44.9 Å². The Kier molecular flexibility index (Phi) is 6.52. The van der Waals surface area contributed by atoms with Crippen LogP contribution in [0.25, 0.3) is 0 Å². The van der Waals surface area contributed by atoms with Gasteiger partial charge in [0.25, 0.3) is 0 Å². The predicted octanol–water partition coefficient (Wildman–Crippen LogP) is 3.27. The Morgan fingerprint density at radius 3 is 2.65 bits per heavy atom. The van der Waals surface area contributed by atoms with Crippen molar-refractivity contribution in [3.8, 4) is 0 Å². The van der Waals surface area contributed by atoms with Gasteiger partial charge in [0, 0.05) is 30.7 Å². The van der Waals surface area contributed by atoms with Crippen LogP contribution in [-0.4, -0.2) is 24.6 Å². The number of thiazole rings is 1. The van der Waals surface area contributed by atoms with E-state index in [2.05, 4.69) is 43.0 Å². The minimum Gasteiger partial charge on any atom is -0.348 e. The molecule has 4 heteroatoms. The van der Waals surface area contributed by atoms with Gasteiger partial charge < -0.3 is 10.2 Å². The molecular formula is C13H25N3S. The molecule has 0 saturated heterocycles. The van der Waals surface area contributed by atoms with Crippen molar-refractivity contribution < 1.29 is 0 Å². The van der Waals surface area contributed by atoms with Crippen LogP contribution < -0.4 is 10.2 Å². The molecule has 0 spiro atoms. The maximum absolute atomic E-state index is 4.52. The SMILES string of the molecule is CCCNCc1cnc(N(C)C(CC)CC)s1. The molecular weight excluding hydrogens is 230 g/mol. The first-order valence-corrected chi connectivity index (χ1v) is 7.42. The van der Waals surface area contributed by atoms with Crippen molar-refractivity contribution in [1.82, 2.24) is 10.3 Å². The van der Waals surface area contributed by atoms with Gasteiger partial charge in [-0.2, -0.15) is 0 Å². The van der Waals surface area contributed by atoms with Gasteiger partial charge in [0.15, 0.2) is 5.13 Å². The summed E-state index contributed by atoms with van der Waals surface area (Å²) < 4.78 is 0. The van der Waals surface area contributed by atoms with Crippen molar-refractivity contribution in [2.45, 2.75) is 52.6 Å². The first kappa shape index (κ1) is 14.5. The van der Waals surface area contributed by atoms with Crippen molar-refractivity contribution in [2.75, 3.05) is 18.5 Å². The molecule has 1 rings (SSSR count). The lowest BCUT2D eigenvalue weighted by Crippen LogP contribution is -2.30. The fourth-order valence-electron chi connectivity index (χ4n) is 1.92. The molecule has 0 saturated carbocycles. The van der Waals surface area contributed by atoms with Gasteiger partial charge in [-0.3, -0.25) is 0 Å². The van der Waals surface area contributed by atoms with Crippen LogP contribution in [0.2, 0.25) is 0 Å². The lowest BCUT2D eigenvalue weighted by atomic mass is 10.1. The van der Waals surface area contributed by atoms with Gasteiger partial charge in [0.1, 0.15) is 0 Å². The Balaban J connectivity index is 2.54. The Morgan fingerprint density at radius 1 is 1.35 bits per heavy atom. The van der Waals surface area contributed by atoms with Crippen LogP contribution >= 0.6 is 11.3 Å². The zero-order valence-electron chi connectivity index (χ0n) is 11.5. The third-order valence-electron chi connectivity index (χ3n) is 3.06. The smallest absolute Gasteiger partial charge is 0.185 e. The van der Waals surface area contributed by atoms with Crippen molar-refractivity contribution in [3.63, 3.8) is 0 Å². The first-order valence-electron chi connectivity index (χ1n) is 6.61. The maximum Gasteiger partial charge on any atom is 0.185 e. The second kappa shape index (κ2) is 7.67. The molecule has 0 aliphatic carbocycles. The fourth-order valence-corrected chi connectivity index (χ4v) is 2.84. The molecule has 0 atom stereocenters. The van der Waals surface area contributed by atoms with E-state index in [4.69, 9.17) is 0 Å². The van der Waals surface area contributed by atoms with Gasteiger partial charge in [0.2, 0.25) is 0 Å². The summed E-state index contributed by atoms with van der Waals surface area (Å²) in [6.45, 7) is 8.69. The maximum atomic E-state index is 4.52. The van der Waals surface area contributed by atoms with E-state index >= 15 is 0 Å². The number of hydrogen-bond acceptors (Lipinski definition) is 4. The van der Waals surface area contributed by atoms with Crippen molar-refractivity contribution in [1.29, 1.82) is 0 Å². The third kappa shape index (κ3) is 4.28. The van der Waals surface area contributed by atoms with E-state index in [9.17, 15) is 0 Å². The highest BCUT2D eigenvalue weighted by molar-refractivity contribution is 7.15. The summed E-state index contributed by atoms with van der Waals surface area (Å²) in [4.78, 5) is 8.15. The van der Waals surface area contributed by atoms with Crippen LogP contribution in [-0.2, 0) is 6.54 Å². The summed E-state index contributed by atoms with van der Waals surface area (Å²) in [6, 6.07) is 0.609. The molecule has 0 amide bonds.